The third-order valence-electron chi connectivity index (χ3n) is 3.59. The van der Waals surface area contributed by atoms with Crippen molar-refractivity contribution in [2.45, 2.75) is 45.0 Å². The summed E-state index contributed by atoms with van der Waals surface area (Å²) < 4.78 is 23.9. The Balaban J connectivity index is 1.96. The van der Waals surface area contributed by atoms with E-state index in [0.29, 0.717) is 5.56 Å². The summed E-state index contributed by atoms with van der Waals surface area (Å²) >= 11 is 0. The number of carbonyl (C=O) groups is 3. The lowest BCUT2D eigenvalue weighted by Gasteiger charge is -2.27. The number of Topliss-reactive ketones (excluding diaryl/α,β-unsaturated/α-hetero) is 1. The third kappa shape index (κ3) is 5.27. The maximum Gasteiger partial charge on any atom is 0.411 e. The Kier molecular flexibility index (Phi) is 5.77. The number of ether oxygens (including phenoxy) is 2. The number of ketones is 1. The second-order valence-electron chi connectivity index (χ2n) is 6.88. The van der Waals surface area contributed by atoms with Gasteiger partial charge in [-0.3, -0.25) is 9.69 Å². The number of halogens is 1. The molecule has 0 N–H and O–H groups in total. The highest BCUT2D eigenvalue weighted by Crippen LogP contribution is 2.24. The van der Waals surface area contributed by atoms with E-state index in [1.807, 2.05) is 0 Å². The molecule has 1 aromatic rings. The lowest BCUT2D eigenvalue weighted by molar-refractivity contribution is -0.147. The van der Waals surface area contributed by atoms with Gasteiger partial charge in [-0.25, -0.2) is 14.0 Å². The van der Waals surface area contributed by atoms with E-state index in [9.17, 15) is 18.8 Å². The van der Waals surface area contributed by atoms with E-state index in [1.165, 1.54) is 0 Å². The molecule has 1 aliphatic heterocycles. The molecule has 6 nitrogen and oxygen atoms in total. The molecular weight excluding hydrogens is 329 g/mol. The summed E-state index contributed by atoms with van der Waals surface area (Å²) in [4.78, 5) is 37.4. The summed E-state index contributed by atoms with van der Waals surface area (Å²) in [7, 11) is 0. The molecule has 0 aromatic heterocycles. The van der Waals surface area contributed by atoms with E-state index < -0.39 is 36.5 Å². The van der Waals surface area contributed by atoms with Gasteiger partial charge in [0.25, 0.3) is 0 Å². The second-order valence-corrected chi connectivity index (χ2v) is 6.88. The van der Waals surface area contributed by atoms with Crippen LogP contribution in [0.5, 0.6) is 0 Å². The summed E-state index contributed by atoms with van der Waals surface area (Å²) in [5, 5.41) is 0. The second kappa shape index (κ2) is 7.63. The monoisotopic (exact) mass is 351 g/mol. The predicted octanol–water partition coefficient (Wildman–Crippen LogP) is 2.76. The van der Waals surface area contributed by atoms with Gasteiger partial charge in [0.15, 0.2) is 12.4 Å². The van der Waals surface area contributed by atoms with Gasteiger partial charge in [0.1, 0.15) is 17.8 Å². The number of amides is 1. The Hall–Kier alpha value is -2.44. The topological polar surface area (TPSA) is 72.9 Å². The number of benzene rings is 1. The number of hydrogen-bond donors (Lipinski definition) is 0. The zero-order valence-electron chi connectivity index (χ0n) is 14.5. The van der Waals surface area contributed by atoms with Gasteiger partial charge in [-0.2, -0.15) is 0 Å². The summed E-state index contributed by atoms with van der Waals surface area (Å²) in [6.07, 6.45) is -2.28. The van der Waals surface area contributed by atoms with Crippen LogP contribution in [0, 0.1) is 0 Å². The van der Waals surface area contributed by atoms with Gasteiger partial charge in [0, 0.05) is 12.0 Å². The molecular formula is C18H22FNO5. The molecule has 25 heavy (non-hydrogen) atoms. The Morgan fingerprint density at radius 1 is 1.20 bits per heavy atom. The van der Waals surface area contributed by atoms with Crippen molar-refractivity contribution in [3.05, 3.63) is 35.9 Å². The molecule has 2 rings (SSSR count). The molecule has 1 saturated heterocycles. The number of esters is 1. The fourth-order valence-corrected chi connectivity index (χ4v) is 2.47. The minimum absolute atomic E-state index is 0.169. The van der Waals surface area contributed by atoms with Gasteiger partial charge in [0.05, 0.1) is 6.54 Å². The van der Waals surface area contributed by atoms with Gasteiger partial charge in [0.2, 0.25) is 0 Å². The van der Waals surface area contributed by atoms with E-state index in [4.69, 9.17) is 9.47 Å². The van der Waals surface area contributed by atoms with Gasteiger partial charge >= 0.3 is 12.1 Å². The number of alkyl halides is 1. The SMILES string of the molecule is CC(C)(C)OC(=O)N1C[C@@H](F)C[C@H]1C(=O)OCC(=O)c1ccccc1. The molecule has 1 heterocycles. The normalized spacial score (nSPS) is 20.2. The molecule has 1 aliphatic rings. The van der Waals surface area contributed by atoms with Crippen molar-refractivity contribution >= 4 is 17.8 Å². The van der Waals surface area contributed by atoms with Crippen LogP contribution < -0.4 is 0 Å². The molecule has 0 saturated carbocycles. The van der Waals surface area contributed by atoms with Crippen molar-refractivity contribution in [1.29, 1.82) is 0 Å². The van der Waals surface area contributed by atoms with Gasteiger partial charge in [-0.1, -0.05) is 30.3 Å². The van der Waals surface area contributed by atoms with Crippen molar-refractivity contribution in [3.63, 3.8) is 0 Å². The summed E-state index contributed by atoms with van der Waals surface area (Å²) in [5.41, 5.74) is -0.350. The number of nitrogens with zero attached hydrogens (tertiary/aromatic N) is 1. The molecule has 0 bridgehead atoms. The van der Waals surface area contributed by atoms with Crippen LogP contribution >= 0.6 is 0 Å². The molecule has 2 atom stereocenters. The summed E-state index contributed by atoms with van der Waals surface area (Å²) in [6.45, 7) is 4.35. The first-order chi connectivity index (χ1) is 11.7. The minimum atomic E-state index is -1.34. The fourth-order valence-electron chi connectivity index (χ4n) is 2.47. The molecule has 1 fully saturated rings. The van der Waals surface area contributed by atoms with Crippen LogP contribution in [-0.2, 0) is 14.3 Å². The lowest BCUT2D eigenvalue weighted by atomic mass is 10.1. The zero-order valence-corrected chi connectivity index (χ0v) is 14.5. The lowest BCUT2D eigenvalue weighted by Crippen LogP contribution is -2.44. The molecule has 1 amide bonds. The average molecular weight is 351 g/mol. The Labute approximate surface area is 145 Å². The molecule has 0 unspecified atom stereocenters. The third-order valence-corrected chi connectivity index (χ3v) is 3.59. The highest BCUT2D eigenvalue weighted by atomic mass is 19.1. The van der Waals surface area contributed by atoms with Gasteiger partial charge in [-0.05, 0) is 20.8 Å². The minimum Gasteiger partial charge on any atom is -0.456 e. The molecule has 0 spiro atoms. The molecule has 136 valence electrons. The summed E-state index contributed by atoms with van der Waals surface area (Å²) in [5.74, 6) is -1.18. The number of hydrogen-bond acceptors (Lipinski definition) is 5. The van der Waals surface area contributed by atoms with Crippen molar-refractivity contribution in [2.24, 2.45) is 0 Å². The van der Waals surface area contributed by atoms with E-state index in [0.717, 1.165) is 4.90 Å². The quantitative estimate of drug-likeness (QED) is 0.616. The van der Waals surface area contributed by atoms with E-state index in [2.05, 4.69) is 0 Å². The molecule has 0 radical (unpaired) electrons. The maximum atomic E-state index is 13.7. The van der Waals surface area contributed by atoms with E-state index in [1.54, 1.807) is 51.1 Å². The van der Waals surface area contributed by atoms with E-state index >= 15 is 0 Å². The van der Waals surface area contributed by atoms with Crippen molar-refractivity contribution in [2.75, 3.05) is 13.2 Å². The molecule has 1 aromatic carbocycles. The number of rotatable bonds is 4. The standard InChI is InChI=1S/C18H22FNO5/c1-18(2,3)25-17(23)20-10-13(19)9-14(20)16(22)24-11-15(21)12-7-5-4-6-8-12/h4-8,13-14H,9-11H2,1-3H3/t13-,14-/m0/s1. The van der Waals surface area contributed by atoms with Crippen LogP contribution in [-0.4, -0.2) is 53.7 Å². The summed E-state index contributed by atoms with van der Waals surface area (Å²) in [6, 6.07) is 7.29. The van der Waals surface area contributed by atoms with Crippen LogP contribution in [0.3, 0.4) is 0 Å². The Morgan fingerprint density at radius 3 is 2.44 bits per heavy atom. The smallest absolute Gasteiger partial charge is 0.411 e. The first-order valence-electron chi connectivity index (χ1n) is 8.06. The highest BCUT2D eigenvalue weighted by Gasteiger charge is 2.42. The molecule has 0 aliphatic carbocycles. The zero-order chi connectivity index (χ0) is 18.6. The number of likely N-dealkylation sites (tertiary alicyclic amines) is 1. The van der Waals surface area contributed by atoms with Crippen LogP contribution in [0.15, 0.2) is 30.3 Å². The Morgan fingerprint density at radius 2 is 1.84 bits per heavy atom. The van der Waals surface area contributed by atoms with Crippen molar-refractivity contribution < 1.29 is 28.2 Å². The van der Waals surface area contributed by atoms with Gasteiger partial charge in [-0.15, -0.1) is 0 Å². The van der Waals surface area contributed by atoms with Crippen LogP contribution in [0.1, 0.15) is 37.6 Å². The fraction of sp³-hybridized carbons (Fsp3) is 0.500. The predicted molar refractivity (Wildman–Crippen MR) is 88.0 cm³/mol. The largest absolute Gasteiger partial charge is 0.456 e. The maximum absolute atomic E-state index is 13.7. The average Bonchev–Trinajstić information content (AvgIpc) is 2.93. The first kappa shape index (κ1) is 18.9. The van der Waals surface area contributed by atoms with Crippen molar-refractivity contribution in [3.8, 4) is 0 Å². The van der Waals surface area contributed by atoms with E-state index in [-0.39, 0.29) is 18.7 Å². The van der Waals surface area contributed by atoms with Gasteiger partial charge < -0.3 is 9.47 Å². The van der Waals surface area contributed by atoms with Crippen LogP contribution in [0.2, 0.25) is 0 Å². The Bertz CT molecular complexity index is 641. The van der Waals surface area contributed by atoms with Crippen LogP contribution in [0.25, 0.3) is 0 Å². The van der Waals surface area contributed by atoms with Crippen molar-refractivity contribution in [1.82, 2.24) is 4.90 Å². The first-order valence-corrected chi connectivity index (χ1v) is 8.06. The highest BCUT2D eigenvalue weighted by molar-refractivity contribution is 5.98. The molecule has 7 heteroatoms. The number of carbonyl (C=O) groups excluding carboxylic acids is 3. The van der Waals surface area contributed by atoms with Crippen LogP contribution in [0.4, 0.5) is 9.18 Å².